The molecule has 1 aromatic rings. The minimum Gasteiger partial charge on any atom is -0.378 e. The summed E-state index contributed by atoms with van der Waals surface area (Å²) in [5.74, 6) is 0. The zero-order chi connectivity index (χ0) is 12.2. The van der Waals surface area contributed by atoms with Crippen LogP contribution in [0.4, 0.5) is 5.69 Å². The lowest BCUT2D eigenvalue weighted by molar-refractivity contribution is 0.326. The Kier molecular flexibility index (Phi) is 4.32. The SMILES string of the molecule is CN(C)c1ccc(CCOS(C)(=O)=O)cc1. The number of benzene rings is 1. The van der Waals surface area contributed by atoms with Crippen LogP contribution in [0, 0.1) is 0 Å². The Hall–Kier alpha value is -1.07. The van der Waals surface area contributed by atoms with Crippen LogP contribution in [0.25, 0.3) is 0 Å². The summed E-state index contributed by atoms with van der Waals surface area (Å²) >= 11 is 0. The molecular formula is C11H17NO3S. The lowest BCUT2D eigenvalue weighted by atomic mass is 10.1. The standard InChI is InChI=1S/C11H17NO3S/c1-12(2)11-6-4-10(5-7-11)8-9-15-16(3,13)14/h4-7H,8-9H2,1-3H3. The van der Waals surface area contributed by atoms with Gasteiger partial charge in [-0.05, 0) is 24.1 Å². The van der Waals surface area contributed by atoms with Crippen LogP contribution in [0.2, 0.25) is 0 Å². The molecule has 0 saturated carbocycles. The molecule has 0 aromatic heterocycles. The van der Waals surface area contributed by atoms with Gasteiger partial charge in [0.1, 0.15) is 0 Å². The molecule has 1 aromatic carbocycles. The number of hydrogen-bond acceptors (Lipinski definition) is 4. The van der Waals surface area contributed by atoms with E-state index in [-0.39, 0.29) is 6.61 Å². The number of nitrogens with zero attached hydrogens (tertiary/aromatic N) is 1. The highest BCUT2D eigenvalue weighted by Gasteiger charge is 2.02. The van der Waals surface area contributed by atoms with Crippen LogP contribution in [-0.4, -0.2) is 35.4 Å². The predicted octanol–water partition coefficient (Wildman–Crippen LogP) is 1.27. The Bertz CT molecular complexity index is 423. The van der Waals surface area contributed by atoms with Crippen molar-refractivity contribution in [1.29, 1.82) is 0 Å². The third-order valence-electron chi connectivity index (χ3n) is 2.14. The molecule has 0 radical (unpaired) electrons. The molecule has 0 unspecified atom stereocenters. The van der Waals surface area contributed by atoms with Crippen LogP contribution in [-0.2, 0) is 20.7 Å². The fraction of sp³-hybridized carbons (Fsp3) is 0.455. The first-order valence-electron chi connectivity index (χ1n) is 4.99. The Balaban J connectivity index is 2.50. The summed E-state index contributed by atoms with van der Waals surface area (Å²) in [6.07, 6.45) is 1.66. The Morgan fingerprint density at radius 3 is 2.19 bits per heavy atom. The molecule has 0 fully saturated rings. The summed E-state index contributed by atoms with van der Waals surface area (Å²) in [5, 5.41) is 0. The molecule has 0 heterocycles. The first-order valence-corrected chi connectivity index (χ1v) is 6.81. The van der Waals surface area contributed by atoms with Gasteiger partial charge in [-0.3, -0.25) is 4.18 Å². The normalized spacial score (nSPS) is 11.4. The van der Waals surface area contributed by atoms with Crippen molar-refractivity contribution >= 4 is 15.8 Å². The second-order valence-electron chi connectivity index (χ2n) is 3.84. The van der Waals surface area contributed by atoms with Crippen molar-refractivity contribution in [1.82, 2.24) is 0 Å². The number of hydrogen-bond donors (Lipinski definition) is 0. The zero-order valence-electron chi connectivity index (χ0n) is 9.80. The lowest BCUT2D eigenvalue weighted by Crippen LogP contribution is -2.09. The Labute approximate surface area is 97.0 Å². The molecule has 4 nitrogen and oxygen atoms in total. The van der Waals surface area contributed by atoms with Gasteiger partial charge in [0.15, 0.2) is 0 Å². The highest BCUT2D eigenvalue weighted by atomic mass is 32.2. The van der Waals surface area contributed by atoms with Crippen LogP contribution >= 0.6 is 0 Å². The predicted molar refractivity (Wildman–Crippen MR) is 65.3 cm³/mol. The summed E-state index contributed by atoms with van der Waals surface area (Å²) < 4.78 is 26.1. The summed E-state index contributed by atoms with van der Waals surface area (Å²) in [7, 11) is 0.624. The fourth-order valence-corrected chi connectivity index (χ4v) is 1.66. The van der Waals surface area contributed by atoms with Gasteiger partial charge in [-0.15, -0.1) is 0 Å². The number of rotatable bonds is 5. The molecular weight excluding hydrogens is 226 g/mol. The van der Waals surface area contributed by atoms with Crippen molar-refractivity contribution in [2.24, 2.45) is 0 Å². The molecule has 0 spiro atoms. The Morgan fingerprint density at radius 1 is 1.19 bits per heavy atom. The van der Waals surface area contributed by atoms with E-state index in [0.29, 0.717) is 6.42 Å². The van der Waals surface area contributed by atoms with Crippen molar-refractivity contribution in [2.75, 3.05) is 31.9 Å². The quantitative estimate of drug-likeness (QED) is 0.731. The largest absolute Gasteiger partial charge is 0.378 e. The third kappa shape index (κ3) is 4.63. The molecule has 0 atom stereocenters. The van der Waals surface area contributed by atoms with E-state index in [1.54, 1.807) is 0 Å². The summed E-state index contributed by atoms with van der Waals surface area (Å²) in [5.41, 5.74) is 2.18. The third-order valence-corrected chi connectivity index (χ3v) is 2.74. The minimum absolute atomic E-state index is 0.195. The molecule has 0 aliphatic rings. The van der Waals surface area contributed by atoms with E-state index in [2.05, 4.69) is 4.18 Å². The smallest absolute Gasteiger partial charge is 0.264 e. The zero-order valence-corrected chi connectivity index (χ0v) is 10.6. The monoisotopic (exact) mass is 243 g/mol. The maximum absolute atomic E-state index is 10.7. The highest BCUT2D eigenvalue weighted by Crippen LogP contribution is 2.12. The first-order chi connectivity index (χ1) is 7.38. The van der Waals surface area contributed by atoms with Gasteiger partial charge < -0.3 is 4.90 Å². The van der Waals surface area contributed by atoms with Gasteiger partial charge in [-0.25, -0.2) is 0 Å². The van der Waals surface area contributed by atoms with Gasteiger partial charge in [-0.2, -0.15) is 8.42 Å². The van der Waals surface area contributed by atoms with Gasteiger partial charge in [-0.1, -0.05) is 12.1 Å². The first kappa shape index (κ1) is 13.0. The average molecular weight is 243 g/mol. The average Bonchev–Trinajstić information content (AvgIpc) is 2.16. The topological polar surface area (TPSA) is 46.6 Å². The van der Waals surface area contributed by atoms with Crippen LogP contribution in [0.5, 0.6) is 0 Å². The van der Waals surface area contributed by atoms with Gasteiger partial charge in [0.2, 0.25) is 0 Å². The van der Waals surface area contributed by atoms with Crippen molar-refractivity contribution in [2.45, 2.75) is 6.42 Å². The molecule has 0 saturated heterocycles. The lowest BCUT2D eigenvalue weighted by Gasteiger charge is -2.12. The maximum atomic E-state index is 10.7. The van der Waals surface area contributed by atoms with E-state index < -0.39 is 10.1 Å². The van der Waals surface area contributed by atoms with Crippen LogP contribution in [0.3, 0.4) is 0 Å². The van der Waals surface area contributed by atoms with E-state index in [1.165, 1.54) is 0 Å². The second kappa shape index (κ2) is 5.32. The molecule has 16 heavy (non-hydrogen) atoms. The second-order valence-corrected chi connectivity index (χ2v) is 5.48. The molecule has 5 heteroatoms. The summed E-state index contributed by atoms with van der Waals surface area (Å²) in [6.45, 7) is 0.195. The van der Waals surface area contributed by atoms with E-state index in [0.717, 1.165) is 17.5 Å². The van der Waals surface area contributed by atoms with Crippen molar-refractivity contribution < 1.29 is 12.6 Å². The van der Waals surface area contributed by atoms with E-state index in [1.807, 2.05) is 43.3 Å². The van der Waals surface area contributed by atoms with Gasteiger partial charge in [0.25, 0.3) is 10.1 Å². The van der Waals surface area contributed by atoms with Crippen molar-refractivity contribution in [3.8, 4) is 0 Å². The van der Waals surface area contributed by atoms with E-state index in [4.69, 9.17) is 0 Å². The molecule has 0 amide bonds. The molecule has 0 aliphatic heterocycles. The van der Waals surface area contributed by atoms with Gasteiger partial charge in [0, 0.05) is 19.8 Å². The van der Waals surface area contributed by atoms with Crippen LogP contribution in [0.1, 0.15) is 5.56 Å². The molecule has 0 bridgehead atoms. The van der Waals surface area contributed by atoms with Crippen molar-refractivity contribution in [3.05, 3.63) is 29.8 Å². The van der Waals surface area contributed by atoms with Crippen LogP contribution in [0.15, 0.2) is 24.3 Å². The van der Waals surface area contributed by atoms with Gasteiger partial charge >= 0.3 is 0 Å². The molecule has 90 valence electrons. The fourth-order valence-electron chi connectivity index (χ4n) is 1.27. The molecule has 1 rings (SSSR count). The van der Waals surface area contributed by atoms with Crippen LogP contribution < -0.4 is 4.90 Å². The van der Waals surface area contributed by atoms with Crippen molar-refractivity contribution in [3.63, 3.8) is 0 Å². The Morgan fingerprint density at radius 2 is 1.75 bits per heavy atom. The molecule has 0 aliphatic carbocycles. The van der Waals surface area contributed by atoms with Gasteiger partial charge in [0.05, 0.1) is 12.9 Å². The number of anilines is 1. The molecule has 0 N–H and O–H groups in total. The minimum atomic E-state index is -3.32. The highest BCUT2D eigenvalue weighted by molar-refractivity contribution is 7.85. The van der Waals surface area contributed by atoms with E-state index >= 15 is 0 Å². The van der Waals surface area contributed by atoms with E-state index in [9.17, 15) is 8.42 Å². The summed E-state index contributed by atoms with van der Waals surface area (Å²) in [6, 6.07) is 7.94. The maximum Gasteiger partial charge on any atom is 0.264 e. The summed E-state index contributed by atoms with van der Waals surface area (Å²) in [4.78, 5) is 2.01.